The number of hydrogen-bond acceptors (Lipinski definition) is 4. The van der Waals surface area contributed by atoms with Gasteiger partial charge in [0.25, 0.3) is 5.91 Å². The number of urea groups is 1. The number of nitrogens with one attached hydrogen (secondary N) is 2. The lowest BCUT2D eigenvalue weighted by Crippen LogP contribution is -2.37. The molecule has 2 aromatic rings. The second-order valence-electron chi connectivity index (χ2n) is 6.00. The normalized spacial score (nSPS) is 10.2. The Morgan fingerprint density at radius 1 is 1.04 bits per heavy atom. The first kappa shape index (κ1) is 20.1. The summed E-state index contributed by atoms with van der Waals surface area (Å²) in [5.74, 6) is -1.80. The number of carbonyl (C=O) groups is 3. The third-order valence-corrected chi connectivity index (χ3v) is 4.03. The van der Waals surface area contributed by atoms with E-state index in [2.05, 4.69) is 10.6 Å². The highest BCUT2D eigenvalue weighted by atomic mass is 19.1. The van der Waals surface area contributed by atoms with Crippen LogP contribution in [0.3, 0.4) is 0 Å². The molecule has 0 spiro atoms. The minimum absolute atomic E-state index is 0.0666. The molecule has 0 fully saturated rings. The quantitative estimate of drug-likeness (QED) is 0.762. The summed E-state index contributed by atoms with van der Waals surface area (Å²) in [5.41, 5.74) is 2.87. The Morgan fingerprint density at radius 3 is 2.52 bits per heavy atom. The van der Waals surface area contributed by atoms with Crippen LogP contribution in [0, 0.1) is 19.7 Å². The van der Waals surface area contributed by atoms with E-state index in [1.807, 2.05) is 19.9 Å². The van der Waals surface area contributed by atoms with E-state index in [0.29, 0.717) is 11.3 Å². The summed E-state index contributed by atoms with van der Waals surface area (Å²) < 4.78 is 18.3. The van der Waals surface area contributed by atoms with Gasteiger partial charge < -0.3 is 10.1 Å². The van der Waals surface area contributed by atoms with E-state index in [1.165, 1.54) is 6.07 Å². The van der Waals surface area contributed by atoms with E-state index in [-0.39, 0.29) is 12.8 Å². The van der Waals surface area contributed by atoms with E-state index < -0.39 is 30.3 Å². The number of esters is 1. The van der Waals surface area contributed by atoms with Crippen LogP contribution in [0.5, 0.6) is 0 Å². The fourth-order valence-corrected chi connectivity index (χ4v) is 2.36. The van der Waals surface area contributed by atoms with Crippen LogP contribution < -0.4 is 10.6 Å². The van der Waals surface area contributed by atoms with Crippen molar-refractivity contribution >= 4 is 23.6 Å². The van der Waals surface area contributed by atoms with Crippen molar-refractivity contribution in [1.29, 1.82) is 0 Å². The molecule has 0 radical (unpaired) electrons. The van der Waals surface area contributed by atoms with Crippen molar-refractivity contribution in [2.45, 2.75) is 26.7 Å². The highest BCUT2D eigenvalue weighted by molar-refractivity contribution is 6.02. The molecule has 2 N–H and O–H groups in total. The average molecular weight is 372 g/mol. The van der Waals surface area contributed by atoms with E-state index in [9.17, 15) is 18.8 Å². The molecule has 0 unspecified atom stereocenters. The molecule has 0 aromatic heterocycles. The van der Waals surface area contributed by atoms with Gasteiger partial charge in [0.05, 0.1) is 0 Å². The molecule has 7 heteroatoms. The van der Waals surface area contributed by atoms with Gasteiger partial charge in [-0.2, -0.15) is 0 Å². The molecule has 6 nitrogen and oxygen atoms in total. The minimum Gasteiger partial charge on any atom is -0.456 e. The number of ether oxygens (including phenoxy) is 1. The van der Waals surface area contributed by atoms with Gasteiger partial charge in [-0.05, 0) is 49.1 Å². The number of hydrogen-bond donors (Lipinski definition) is 2. The van der Waals surface area contributed by atoms with Gasteiger partial charge in [0.1, 0.15) is 5.82 Å². The number of halogens is 1. The number of aryl methyl sites for hydroxylation is 2. The largest absolute Gasteiger partial charge is 0.456 e. The second-order valence-corrected chi connectivity index (χ2v) is 6.00. The van der Waals surface area contributed by atoms with Crippen molar-refractivity contribution in [1.82, 2.24) is 5.32 Å². The first-order valence-electron chi connectivity index (χ1n) is 8.43. The van der Waals surface area contributed by atoms with Crippen molar-refractivity contribution in [3.8, 4) is 0 Å². The van der Waals surface area contributed by atoms with Gasteiger partial charge in [-0.1, -0.05) is 30.3 Å². The van der Waals surface area contributed by atoms with Gasteiger partial charge in [0.15, 0.2) is 6.61 Å². The first-order valence-corrected chi connectivity index (χ1v) is 8.43. The summed E-state index contributed by atoms with van der Waals surface area (Å²) in [4.78, 5) is 35.2. The van der Waals surface area contributed by atoms with Crippen LogP contribution in [0.25, 0.3) is 0 Å². The van der Waals surface area contributed by atoms with E-state index in [0.717, 1.165) is 11.1 Å². The van der Waals surface area contributed by atoms with Crippen molar-refractivity contribution < 1.29 is 23.5 Å². The highest BCUT2D eigenvalue weighted by Gasteiger charge is 2.13. The zero-order valence-electron chi connectivity index (χ0n) is 15.2. The predicted molar refractivity (Wildman–Crippen MR) is 98.8 cm³/mol. The van der Waals surface area contributed by atoms with Crippen LogP contribution in [0.1, 0.15) is 23.1 Å². The molecule has 0 aliphatic heterocycles. The summed E-state index contributed by atoms with van der Waals surface area (Å²) in [7, 11) is 0. The number of carbonyl (C=O) groups excluding carboxylic acids is 3. The fraction of sp³-hybridized carbons (Fsp3) is 0.250. The summed E-state index contributed by atoms with van der Waals surface area (Å²) >= 11 is 0. The molecule has 0 heterocycles. The first-order chi connectivity index (χ1) is 12.9. The van der Waals surface area contributed by atoms with Gasteiger partial charge in [-0.15, -0.1) is 0 Å². The summed E-state index contributed by atoms with van der Waals surface area (Å²) in [5, 5.41) is 4.66. The Bertz CT molecular complexity index is 852. The Hall–Kier alpha value is -3.22. The maximum Gasteiger partial charge on any atom is 0.325 e. The topological polar surface area (TPSA) is 84.5 Å². The molecule has 0 aliphatic rings. The third-order valence-electron chi connectivity index (χ3n) is 4.03. The molecule has 0 atom stereocenters. The monoisotopic (exact) mass is 372 g/mol. The number of rotatable bonds is 6. The molecule has 3 amide bonds. The Morgan fingerprint density at radius 2 is 1.78 bits per heavy atom. The lowest BCUT2D eigenvalue weighted by Gasteiger charge is -2.11. The Labute approximate surface area is 156 Å². The maximum atomic E-state index is 13.5. The summed E-state index contributed by atoms with van der Waals surface area (Å²) in [6.07, 6.45) is 0.100. The van der Waals surface area contributed by atoms with Crippen molar-refractivity contribution in [3.05, 3.63) is 65.0 Å². The van der Waals surface area contributed by atoms with Crippen LogP contribution in [-0.2, 0) is 20.7 Å². The molecule has 27 heavy (non-hydrogen) atoms. The number of benzene rings is 2. The molecular weight excluding hydrogens is 351 g/mol. The van der Waals surface area contributed by atoms with Crippen LogP contribution in [0.15, 0.2) is 42.5 Å². The van der Waals surface area contributed by atoms with Crippen LogP contribution in [-0.4, -0.2) is 24.5 Å². The van der Waals surface area contributed by atoms with Crippen molar-refractivity contribution in [3.63, 3.8) is 0 Å². The van der Waals surface area contributed by atoms with E-state index >= 15 is 0 Å². The van der Waals surface area contributed by atoms with Crippen LogP contribution >= 0.6 is 0 Å². The van der Waals surface area contributed by atoms with Gasteiger partial charge in [-0.3, -0.25) is 14.9 Å². The van der Waals surface area contributed by atoms with Gasteiger partial charge >= 0.3 is 12.0 Å². The number of amides is 3. The summed E-state index contributed by atoms with van der Waals surface area (Å²) in [6.45, 7) is 3.17. The number of imide groups is 1. The van der Waals surface area contributed by atoms with Gasteiger partial charge in [0.2, 0.25) is 0 Å². The van der Waals surface area contributed by atoms with E-state index in [1.54, 1.807) is 30.3 Å². The zero-order chi connectivity index (χ0) is 19.8. The molecular formula is C20H21FN2O4. The number of anilines is 1. The third kappa shape index (κ3) is 6.22. The zero-order valence-corrected chi connectivity index (χ0v) is 15.2. The molecule has 0 saturated heterocycles. The van der Waals surface area contributed by atoms with Gasteiger partial charge in [-0.25, -0.2) is 9.18 Å². The molecule has 0 bridgehead atoms. The second kappa shape index (κ2) is 9.47. The smallest absolute Gasteiger partial charge is 0.325 e. The fourth-order valence-electron chi connectivity index (χ4n) is 2.36. The van der Waals surface area contributed by atoms with E-state index in [4.69, 9.17) is 4.74 Å². The SMILES string of the molecule is Cc1cccc(NC(=O)NC(=O)COC(=O)CCc2ccccc2F)c1C. The van der Waals surface area contributed by atoms with Crippen molar-refractivity contribution in [2.24, 2.45) is 0 Å². The average Bonchev–Trinajstić information content (AvgIpc) is 2.63. The summed E-state index contributed by atoms with van der Waals surface area (Å²) in [6, 6.07) is 10.8. The maximum absolute atomic E-state index is 13.5. The molecule has 2 rings (SSSR count). The Kier molecular flexibility index (Phi) is 7.05. The molecule has 2 aromatic carbocycles. The molecule has 0 aliphatic carbocycles. The lowest BCUT2D eigenvalue weighted by atomic mass is 10.1. The van der Waals surface area contributed by atoms with Gasteiger partial charge in [0, 0.05) is 12.1 Å². The highest BCUT2D eigenvalue weighted by Crippen LogP contribution is 2.17. The standard InChI is InChI=1S/C20H21FN2O4/c1-13-6-5-9-17(14(13)2)22-20(26)23-18(24)12-27-19(25)11-10-15-7-3-4-8-16(15)21/h3-9H,10-12H2,1-2H3,(H2,22,23,24,26). The molecule has 0 saturated carbocycles. The molecule has 142 valence electrons. The lowest BCUT2D eigenvalue weighted by molar-refractivity contribution is -0.148. The van der Waals surface area contributed by atoms with Crippen LogP contribution in [0.4, 0.5) is 14.9 Å². The predicted octanol–water partition coefficient (Wildman–Crippen LogP) is 3.27. The van der Waals surface area contributed by atoms with Crippen molar-refractivity contribution in [2.75, 3.05) is 11.9 Å². The minimum atomic E-state index is -0.753. The van der Waals surface area contributed by atoms with Crippen LogP contribution in [0.2, 0.25) is 0 Å². The Balaban J connectivity index is 1.73.